The van der Waals surface area contributed by atoms with Crippen LogP contribution in [0, 0.1) is 0 Å². The van der Waals surface area contributed by atoms with Crippen LogP contribution in [0.25, 0.3) is 0 Å². The highest BCUT2D eigenvalue weighted by Gasteiger charge is 2.25. The summed E-state index contributed by atoms with van der Waals surface area (Å²) in [6.45, 7) is 0.837. The van der Waals surface area contributed by atoms with Gasteiger partial charge >= 0.3 is 0 Å². The number of benzene rings is 2. The molecule has 0 radical (unpaired) electrons. The van der Waals surface area contributed by atoms with E-state index in [2.05, 4.69) is 10.6 Å². The highest BCUT2D eigenvalue weighted by atomic mass is 16.5. The number of rotatable bonds is 5. The van der Waals surface area contributed by atoms with Gasteiger partial charge in [0.05, 0.1) is 18.7 Å². The molecule has 0 fully saturated rings. The van der Waals surface area contributed by atoms with Gasteiger partial charge in [-0.05, 0) is 37.0 Å². The molecule has 0 aliphatic carbocycles. The minimum absolute atomic E-state index is 0.00796. The van der Waals surface area contributed by atoms with Gasteiger partial charge in [0.1, 0.15) is 18.4 Å². The summed E-state index contributed by atoms with van der Waals surface area (Å²) >= 11 is 0. The van der Waals surface area contributed by atoms with Crippen molar-refractivity contribution in [2.24, 2.45) is 0 Å². The zero-order chi connectivity index (χ0) is 25.9. The average Bonchev–Trinajstić information content (AvgIpc) is 2.88. The fraction of sp³-hybridized carbons (Fsp3) is 0.407. The van der Waals surface area contributed by atoms with Crippen LogP contribution in [-0.4, -0.2) is 79.8 Å². The maximum atomic E-state index is 13.1. The van der Waals surface area contributed by atoms with E-state index in [0.717, 1.165) is 12.8 Å². The summed E-state index contributed by atoms with van der Waals surface area (Å²) in [4.78, 5) is 54.1. The van der Waals surface area contributed by atoms with Gasteiger partial charge in [0.2, 0.25) is 17.7 Å². The molecule has 4 amide bonds. The molecule has 0 unspecified atom stereocenters. The van der Waals surface area contributed by atoms with E-state index < -0.39 is 11.9 Å². The lowest BCUT2D eigenvalue weighted by molar-refractivity contribution is -0.139. The molecule has 2 aromatic rings. The van der Waals surface area contributed by atoms with Crippen molar-refractivity contribution >= 4 is 23.6 Å². The Morgan fingerprint density at radius 2 is 1.72 bits per heavy atom. The Hall–Kier alpha value is -3.88. The van der Waals surface area contributed by atoms with E-state index in [9.17, 15) is 19.2 Å². The van der Waals surface area contributed by atoms with Gasteiger partial charge in [-0.25, -0.2) is 0 Å². The molecule has 9 heteroatoms. The molecule has 0 saturated carbocycles. The maximum absolute atomic E-state index is 13.1. The summed E-state index contributed by atoms with van der Waals surface area (Å²) < 4.78 is 5.78. The molecule has 36 heavy (non-hydrogen) atoms. The third kappa shape index (κ3) is 7.83. The number of hydrogen-bond donors (Lipinski definition) is 2. The number of para-hydroxylation sites is 1. The van der Waals surface area contributed by atoms with E-state index >= 15 is 0 Å². The van der Waals surface area contributed by atoms with Crippen LogP contribution in [0.15, 0.2) is 54.6 Å². The van der Waals surface area contributed by atoms with Crippen molar-refractivity contribution in [2.75, 3.05) is 40.3 Å². The van der Waals surface area contributed by atoms with Gasteiger partial charge in [0.15, 0.2) is 0 Å². The zero-order valence-electron chi connectivity index (χ0n) is 20.9. The van der Waals surface area contributed by atoms with E-state index in [1.165, 1.54) is 15.4 Å². The lowest BCUT2D eigenvalue weighted by Crippen LogP contribution is -2.47. The van der Waals surface area contributed by atoms with Crippen LogP contribution < -0.4 is 15.4 Å². The number of fused-ring (bicyclic) bond motifs is 1. The second-order valence-electron chi connectivity index (χ2n) is 8.85. The van der Waals surface area contributed by atoms with Gasteiger partial charge in [-0.3, -0.25) is 19.2 Å². The fourth-order valence-electron chi connectivity index (χ4n) is 3.84. The molecular weight excluding hydrogens is 460 g/mol. The highest BCUT2D eigenvalue weighted by molar-refractivity contribution is 5.99. The number of amides is 4. The van der Waals surface area contributed by atoms with Crippen LogP contribution in [-0.2, 0) is 20.8 Å². The monoisotopic (exact) mass is 494 g/mol. The van der Waals surface area contributed by atoms with Crippen LogP contribution in [0.4, 0.5) is 0 Å². The maximum Gasteiger partial charge on any atom is 0.255 e. The molecule has 1 aliphatic heterocycles. The van der Waals surface area contributed by atoms with E-state index in [0.29, 0.717) is 18.8 Å². The van der Waals surface area contributed by atoms with Crippen LogP contribution in [0.5, 0.6) is 5.75 Å². The Labute approximate surface area is 211 Å². The summed E-state index contributed by atoms with van der Waals surface area (Å²) in [6, 6.07) is 15.8. The van der Waals surface area contributed by atoms with E-state index in [4.69, 9.17) is 4.74 Å². The number of carbonyl (C=O) groups is 4. The second-order valence-corrected chi connectivity index (χ2v) is 8.85. The van der Waals surface area contributed by atoms with Crippen LogP contribution in [0.3, 0.4) is 0 Å². The SMILES string of the molecule is CN1CCOc2ccccc2C(=O)N[C@H](C(=O)NCCCc2ccccc2)CCC(=O)N(C)CC1=O. The Balaban J connectivity index is 1.71. The Bertz CT molecular complexity index is 1060. The number of likely N-dealkylation sites (N-methyl/N-ethyl adjacent to an activating group) is 2. The number of carbonyl (C=O) groups excluding carboxylic acids is 4. The smallest absolute Gasteiger partial charge is 0.255 e. The first-order chi connectivity index (χ1) is 17.3. The fourth-order valence-corrected chi connectivity index (χ4v) is 3.84. The van der Waals surface area contributed by atoms with Crippen molar-refractivity contribution in [3.05, 3.63) is 65.7 Å². The third-order valence-corrected chi connectivity index (χ3v) is 6.09. The van der Waals surface area contributed by atoms with Crippen molar-refractivity contribution in [1.82, 2.24) is 20.4 Å². The summed E-state index contributed by atoms with van der Waals surface area (Å²) in [7, 11) is 3.19. The highest BCUT2D eigenvalue weighted by Crippen LogP contribution is 2.18. The lowest BCUT2D eigenvalue weighted by Gasteiger charge is -2.22. The molecule has 2 aromatic carbocycles. The molecule has 0 spiro atoms. The van der Waals surface area contributed by atoms with E-state index in [1.807, 2.05) is 30.3 Å². The molecule has 3 rings (SSSR count). The van der Waals surface area contributed by atoms with E-state index in [1.54, 1.807) is 38.4 Å². The standard InChI is InChI=1S/C27H34N4O5/c1-30-17-18-36-23-13-7-6-12-21(23)26(34)29-22(14-15-24(32)31(2)19-25(30)33)27(35)28-16-8-11-20-9-4-3-5-10-20/h3-7,9-10,12-13,22H,8,11,14-19H2,1-2H3,(H,28,35)(H,29,34)/t22-/m0/s1. The minimum Gasteiger partial charge on any atom is -0.491 e. The van der Waals surface area contributed by atoms with Crippen LogP contribution in [0.1, 0.15) is 35.2 Å². The summed E-state index contributed by atoms with van der Waals surface area (Å²) in [6.07, 6.45) is 1.67. The Kier molecular flexibility index (Phi) is 9.85. The largest absolute Gasteiger partial charge is 0.491 e. The number of ether oxygens (including phenoxy) is 1. The molecule has 1 aliphatic rings. The van der Waals surface area contributed by atoms with Crippen molar-refractivity contribution in [2.45, 2.75) is 31.7 Å². The summed E-state index contributed by atoms with van der Waals surface area (Å²) in [5.74, 6) is -0.958. The van der Waals surface area contributed by atoms with Gasteiger partial charge in [0, 0.05) is 27.1 Å². The van der Waals surface area contributed by atoms with Gasteiger partial charge in [-0.1, -0.05) is 42.5 Å². The second kappa shape index (κ2) is 13.3. The summed E-state index contributed by atoms with van der Waals surface area (Å²) in [5.41, 5.74) is 1.46. The van der Waals surface area contributed by atoms with Crippen molar-refractivity contribution in [3.63, 3.8) is 0 Å². The molecular formula is C27H34N4O5. The van der Waals surface area contributed by atoms with Gasteiger partial charge in [0.25, 0.3) is 5.91 Å². The minimum atomic E-state index is -0.914. The first kappa shape index (κ1) is 26.7. The molecule has 1 atom stereocenters. The normalized spacial score (nSPS) is 17.8. The zero-order valence-corrected chi connectivity index (χ0v) is 20.9. The predicted octanol–water partition coefficient (Wildman–Crippen LogP) is 1.62. The average molecular weight is 495 g/mol. The number of nitrogens with one attached hydrogen (secondary N) is 2. The first-order valence-corrected chi connectivity index (χ1v) is 12.2. The third-order valence-electron chi connectivity index (χ3n) is 6.09. The Morgan fingerprint density at radius 1 is 1.00 bits per heavy atom. The number of aryl methyl sites for hydroxylation is 1. The van der Waals surface area contributed by atoms with Gasteiger partial charge in [-0.2, -0.15) is 0 Å². The molecule has 0 bridgehead atoms. The molecule has 2 N–H and O–H groups in total. The quantitative estimate of drug-likeness (QED) is 0.615. The molecule has 192 valence electrons. The Morgan fingerprint density at radius 3 is 2.50 bits per heavy atom. The summed E-state index contributed by atoms with van der Waals surface area (Å²) in [5, 5.41) is 5.65. The number of nitrogens with zero attached hydrogens (tertiary/aromatic N) is 2. The van der Waals surface area contributed by atoms with E-state index in [-0.39, 0.29) is 49.3 Å². The van der Waals surface area contributed by atoms with Crippen LogP contribution >= 0.6 is 0 Å². The number of hydrogen-bond acceptors (Lipinski definition) is 5. The van der Waals surface area contributed by atoms with Crippen molar-refractivity contribution < 1.29 is 23.9 Å². The van der Waals surface area contributed by atoms with Gasteiger partial charge < -0.3 is 25.2 Å². The van der Waals surface area contributed by atoms with Crippen molar-refractivity contribution in [1.29, 1.82) is 0 Å². The molecule has 0 aromatic heterocycles. The van der Waals surface area contributed by atoms with Crippen molar-refractivity contribution in [3.8, 4) is 5.75 Å². The molecule has 9 nitrogen and oxygen atoms in total. The first-order valence-electron chi connectivity index (χ1n) is 12.2. The molecule has 0 saturated heterocycles. The van der Waals surface area contributed by atoms with Gasteiger partial charge in [-0.15, -0.1) is 0 Å². The van der Waals surface area contributed by atoms with Crippen LogP contribution in [0.2, 0.25) is 0 Å². The topological polar surface area (TPSA) is 108 Å². The predicted molar refractivity (Wildman–Crippen MR) is 135 cm³/mol. The lowest BCUT2D eigenvalue weighted by atomic mass is 10.1. The molecule has 1 heterocycles.